The van der Waals surface area contributed by atoms with Crippen molar-refractivity contribution in [1.29, 1.82) is 0 Å². The Morgan fingerprint density at radius 1 is 0.585 bits per heavy atom. The van der Waals surface area contributed by atoms with Crippen molar-refractivity contribution in [3.8, 4) is 0 Å². The summed E-state index contributed by atoms with van der Waals surface area (Å²) in [6, 6.07) is 25.8. The van der Waals surface area contributed by atoms with Crippen LogP contribution in [0.5, 0.6) is 0 Å². The molecule has 0 bridgehead atoms. The summed E-state index contributed by atoms with van der Waals surface area (Å²) in [5.41, 5.74) is 29.5. The van der Waals surface area contributed by atoms with Gasteiger partial charge in [0, 0.05) is 90.0 Å². The van der Waals surface area contributed by atoms with Crippen LogP contribution in [0.2, 0.25) is 0 Å². The lowest BCUT2D eigenvalue weighted by atomic mass is 10.0. The predicted molar refractivity (Wildman–Crippen MR) is 251 cm³/mol. The molecule has 0 unspecified atom stereocenters. The van der Waals surface area contributed by atoms with Crippen LogP contribution in [0.25, 0.3) is 26.7 Å². The number of pyridine rings is 6. The molecule has 8 N–H and O–H groups in total. The smallest absolute Gasteiger partial charge is 0.251 e. The monoisotopic (exact) mass is 862 g/mol. The number of nitrogens with one attached hydrogen (secondary N) is 2. The molecule has 0 saturated carbocycles. The topological polar surface area (TPSA) is 235 Å². The third-order valence-corrected chi connectivity index (χ3v) is 10.8. The number of carbonyl (C=O) groups excluding carboxylic acids is 3. The maximum Gasteiger partial charge on any atom is 0.251 e. The average molecular weight is 863 g/mol. The fourth-order valence-corrected chi connectivity index (χ4v) is 7.47. The standard InChI is InChI=1S/C25H24N6O2.C25H22N6O/c1-14-7-23(26)31-15(2)21(14)13-30-25(33)17-5-6-28-20(11-17)9-16-3-4-22-18(8-16)10-19(12-29-22)24(27)32;1-15-8-24(26)31-16(2)22(15)14-30-25(32)18-6-7-28-20(11-18)10-17-4-5-23-19(9-17)12-21(27-3)13-29-23/h3-8,10-12H,9,13H2,1-2H3,(H2,26,31)(H2,27,32)(H,30,33);4-9,11-13H,10,14H2,1-2H3,(H2,26,31)(H,30,32). The van der Waals surface area contributed by atoms with Crippen LogP contribution in [0.4, 0.5) is 17.3 Å². The van der Waals surface area contributed by atoms with Crippen molar-refractivity contribution in [1.82, 2.24) is 40.5 Å². The van der Waals surface area contributed by atoms with Crippen LogP contribution in [0.1, 0.15) is 87.2 Å². The first kappa shape index (κ1) is 44.4. The Hall–Kier alpha value is -8.64. The van der Waals surface area contributed by atoms with Crippen molar-refractivity contribution in [2.75, 3.05) is 11.5 Å². The zero-order valence-electron chi connectivity index (χ0n) is 36.3. The molecule has 65 heavy (non-hydrogen) atoms. The molecule has 0 fully saturated rings. The summed E-state index contributed by atoms with van der Waals surface area (Å²) in [5, 5.41) is 7.64. The molecule has 324 valence electrons. The van der Waals surface area contributed by atoms with Gasteiger partial charge in [-0.05, 0) is 133 Å². The van der Waals surface area contributed by atoms with Gasteiger partial charge in [-0.2, -0.15) is 0 Å². The molecule has 6 heterocycles. The van der Waals surface area contributed by atoms with Crippen molar-refractivity contribution >= 4 is 56.9 Å². The summed E-state index contributed by atoms with van der Waals surface area (Å²) in [6.07, 6.45) is 7.40. The van der Waals surface area contributed by atoms with E-state index in [1.165, 1.54) is 6.20 Å². The quantitative estimate of drug-likeness (QED) is 0.0820. The summed E-state index contributed by atoms with van der Waals surface area (Å²) in [5.74, 6) is 0.0601. The zero-order valence-corrected chi connectivity index (χ0v) is 36.3. The Morgan fingerprint density at radius 2 is 1.06 bits per heavy atom. The fourth-order valence-electron chi connectivity index (χ4n) is 7.47. The first-order valence-corrected chi connectivity index (χ1v) is 20.6. The number of hydrogen-bond acceptors (Lipinski definition) is 11. The molecule has 0 spiro atoms. The average Bonchev–Trinajstić information content (AvgIpc) is 3.28. The summed E-state index contributed by atoms with van der Waals surface area (Å²) < 4.78 is 0. The van der Waals surface area contributed by atoms with E-state index in [0.717, 1.165) is 78.0 Å². The molecule has 15 nitrogen and oxygen atoms in total. The third kappa shape index (κ3) is 11.1. The van der Waals surface area contributed by atoms with Gasteiger partial charge >= 0.3 is 0 Å². The summed E-state index contributed by atoms with van der Waals surface area (Å²) in [4.78, 5) is 66.3. The number of nitrogens with zero attached hydrogens (tertiary/aromatic N) is 7. The Morgan fingerprint density at radius 3 is 1.52 bits per heavy atom. The maximum atomic E-state index is 12.8. The Kier molecular flexibility index (Phi) is 13.4. The number of aryl methyl sites for hydroxylation is 4. The lowest BCUT2D eigenvalue weighted by molar-refractivity contribution is 0.0942. The molecule has 0 aliphatic carbocycles. The lowest BCUT2D eigenvalue weighted by Crippen LogP contribution is -2.24. The van der Waals surface area contributed by atoms with E-state index in [-0.39, 0.29) is 11.8 Å². The lowest BCUT2D eigenvalue weighted by Gasteiger charge is -2.12. The van der Waals surface area contributed by atoms with E-state index >= 15 is 0 Å². The normalized spacial score (nSPS) is 10.8. The van der Waals surface area contributed by atoms with Crippen LogP contribution in [-0.2, 0) is 25.9 Å². The summed E-state index contributed by atoms with van der Waals surface area (Å²) in [6.45, 7) is 15.6. The number of anilines is 2. The van der Waals surface area contributed by atoms with Gasteiger partial charge in [-0.25, -0.2) is 14.8 Å². The zero-order chi connectivity index (χ0) is 46.2. The van der Waals surface area contributed by atoms with E-state index in [1.54, 1.807) is 61.1 Å². The summed E-state index contributed by atoms with van der Waals surface area (Å²) in [7, 11) is 0. The molecule has 0 radical (unpaired) electrons. The van der Waals surface area contributed by atoms with Gasteiger partial charge in [0.1, 0.15) is 11.6 Å². The van der Waals surface area contributed by atoms with Gasteiger partial charge in [-0.1, -0.05) is 18.2 Å². The Labute approximate surface area is 375 Å². The number of nitrogens with two attached hydrogens (primary N) is 3. The fraction of sp³-hybridized carbons (Fsp3) is 0.160. The number of primary amides is 1. The number of carbonyl (C=O) groups is 3. The molecule has 0 saturated heterocycles. The number of rotatable bonds is 11. The van der Waals surface area contributed by atoms with Crippen LogP contribution < -0.4 is 27.8 Å². The molecule has 15 heteroatoms. The van der Waals surface area contributed by atoms with Crippen LogP contribution in [0.15, 0.2) is 110 Å². The maximum absolute atomic E-state index is 12.8. The number of benzene rings is 2. The van der Waals surface area contributed by atoms with Crippen LogP contribution >= 0.6 is 0 Å². The molecular weight excluding hydrogens is 817 g/mol. The van der Waals surface area contributed by atoms with Crippen LogP contribution in [0.3, 0.4) is 0 Å². The second-order valence-corrected chi connectivity index (χ2v) is 15.6. The Bertz CT molecular complexity index is 3130. The molecule has 8 rings (SSSR count). The highest BCUT2D eigenvalue weighted by Gasteiger charge is 2.14. The Balaban J connectivity index is 0.000000194. The first-order valence-electron chi connectivity index (χ1n) is 20.6. The number of fused-ring (bicyclic) bond motifs is 2. The van der Waals surface area contributed by atoms with Crippen molar-refractivity contribution in [3.05, 3.63) is 194 Å². The van der Waals surface area contributed by atoms with Gasteiger partial charge in [0.25, 0.3) is 11.8 Å². The SMILES string of the molecule is Cc1cc(N)nc(C)c1CNC(=O)c1ccnc(Cc2ccc3ncc(C(N)=O)cc3c2)c1.[C-]#[N+]c1cnc2ccc(Cc3cc(C(=O)NCc4c(C)cc(N)nc4C)ccn3)cc2c1. The van der Waals surface area contributed by atoms with E-state index in [1.807, 2.05) is 70.2 Å². The minimum absolute atomic E-state index is 0.173. The molecule has 3 amide bonds. The van der Waals surface area contributed by atoms with Crippen LogP contribution in [0, 0.1) is 34.3 Å². The number of amides is 3. The predicted octanol–water partition coefficient (Wildman–Crippen LogP) is 7.14. The van der Waals surface area contributed by atoms with Crippen molar-refractivity contribution in [2.45, 2.75) is 53.6 Å². The number of nitrogen functional groups attached to an aromatic ring is 2. The van der Waals surface area contributed by atoms with Gasteiger partial charge in [-0.15, -0.1) is 0 Å². The van der Waals surface area contributed by atoms with E-state index in [0.29, 0.717) is 59.9 Å². The third-order valence-electron chi connectivity index (χ3n) is 10.8. The van der Waals surface area contributed by atoms with Gasteiger partial charge in [-0.3, -0.25) is 34.3 Å². The number of aromatic nitrogens is 6. The highest BCUT2D eigenvalue weighted by atomic mass is 16.2. The van der Waals surface area contributed by atoms with E-state index in [2.05, 4.69) is 45.4 Å². The highest BCUT2D eigenvalue weighted by Crippen LogP contribution is 2.23. The molecule has 0 aliphatic heterocycles. The van der Waals surface area contributed by atoms with Crippen molar-refractivity contribution < 1.29 is 14.4 Å². The van der Waals surface area contributed by atoms with E-state index in [9.17, 15) is 14.4 Å². The number of hydrogen-bond donors (Lipinski definition) is 5. The molecule has 0 aliphatic rings. The first-order chi connectivity index (χ1) is 31.2. The molecule has 8 aromatic rings. The van der Waals surface area contributed by atoms with Crippen molar-refractivity contribution in [2.24, 2.45) is 5.73 Å². The van der Waals surface area contributed by atoms with E-state index in [4.69, 9.17) is 23.8 Å². The molecule has 0 atom stereocenters. The van der Waals surface area contributed by atoms with Crippen molar-refractivity contribution in [3.63, 3.8) is 0 Å². The molecule has 6 aromatic heterocycles. The minimum Gasteiger partial charge on any atom is -0.384 e. The van der Waals surface area contributed by atoms with E-state index < -0.39 is 5.91 Å². The van der Waals surface area contributed by atoms with Gasteiger partial charge in [0.15, 0.2) is 0 Å². The highest BCUT2D eigenvalue weighted by molar-refractivity contribution is 5.96. The van der Waals surface area contributed by atoms with Gasteiger partial charge in [0.2, 0.25) is 11.6 Å². The second kappa shape index (κ2) is 19.6. The minimum atomic E-state index is -0.518. The second-order valence-electron chi connectivity index (χ2n) is 15.6. The van der Waals surface area contributed by atoms with Crippen LogP contribution in [-0.4, -0.2) is 47.6 Å². The molecular formula is C50H46N12O3. The molecule has 2 aromatic carbocycles. The van der Waals surface area contributed by atoms with Gasteiger partial charge in [0.05, 0.1) is 23.2 Å². The largest absolute Gasteiger partial charge is 0.384 e. The summed E-state index contributed by atoms with van der Waals surface area (Å²) >= 11 is 0. The van der Waals surface area contributed by atoms with Gasteiger partial charge < -0.3 is 27.8 Å².